The van der Waals surface area contributed by atoms with Crippen LogP contribution in [0.3, 0.4) is 0 Å². The third kappa shape index (κ3) is 2.98. The fourth-order valence-corrected chi connectivity index (χ4v) is 3.12. The predicted molar refractivity (Wildman–Crippen MR) is 70.5 cm³/mol. The molecule has 106 valence electrons. The Kier molecular flexibility index (Phi) is 3.84. The molecule has 0 radical (unpaired) electrons. The summed E-state index contributed by atoms with van der Waals surface area (Å²) < 4.78 is 11.0. The van der Waals surface area contributed by atoms with Crippen LogP contribution in [0.5, 0.6) is 0 Å². The van der Waals surface area contributed by atoms with Gasteiger partial charge in [-0.2, -0.15) is 4.98 Å². The van der Waals surface area contributed by atoms with E-state index in [0.29, 0.717) is 11.7 Å². The van der Waals surface area contributed by atoms with E-state index in [1.807, 2.05) is 0 Å². The molecule has 0 amide bonds. The summed E-state index contributed by atoms with van der Waals surface area (Å²) in [7, 11) is 0. The fourth-order valence-electron chi connectivity index (χ4n) is 3.12. The number of nitrogens with zero attached hydrogens (tertiary/aromatic N) is 2. The Labute approximate surface area is 113 Å². The summed E-state index contributed by atoms with van der Waals surface area (Å²) in [4.78, 5) is 4.53. The average molecular weight is 265 g/mol. The Bertz CT molecular complexity index is 405. The highest BCUT2D eigenvalue weighted by molar-refractivity contribution is 5.05. The van der Waals surface area contributed by atoms with Crippen LogP contribution in [0.4, 0.5) is 0 Å². The van der Waals surface area contributed by atoms with Gasteiger partial charge in [-0.05, 0) is 25.7 Å². The van der Waals surface area contributed by atoms with Gasteiger partial charge in [0.2, 0.25) is 5.89 Å². The molecule has 5 nitrogen and oxygen atoms in total. The van der Waals surface area contributed by atoms with Gasteiger partial charge in [-0.15, -0.1) is 0 Å². The van der Waals surface area contributed by atoms with Crippen LogP contribution in [0, 0.1) is 0 Å². The lowest BCUT2D eigenvalue weighted by Gasteiger charge is -2.23. The molecule has 2 heterocycles. The monoisotopic (exact) mass is 265 g/mol. The van der Waals surface area contributed by atoms with E-state index in [9.17, 15) is 0 Å². The van der Waals surface area contributed by atoms with E-state index >= 15 is 0 Å². The standard InChI is InChI=1S/C14H23N3O2/c15-14(7-3-1-2-4-8-14)13-16-12(19-17-13)10-11-6-5-9-18-11/h11H,1-10,15H2. The molecule has 1 atom stereocenters. The summed E-state index contributed by atoms with van der Waals surface area (Å²) in [5.74, 6) is 1.37. The lowest BCUT2D eigenvalue weighted by molar-refractivity contribution is 0.104. The molecule has 2 fully saturated rings. The molecule has 1 unspecified atom stereocenters. The quantitative estimate of drug-likeness (QED) is 0.849. The van der Waals surface area contributed by atoms with Crippen molar-refractivity contribution >= 4 is 0 Å². The number of hydrogen-bond acceptors (Lipinski definition) is 5. The first-order valence-corrected chi connectivity index (χ1v) is 7.50. The highest BCUT2D eigenvalue weighted by Gasteiger charge is 2.33. The molecule has 3 rings (SSSR count). The van der Waals surface area contributed by atoms with Gasteiger partial charge in [0.15, 0.2) is 5.82 Å². The molecule has 0 spiro atoms. The molecule has 1 aromatic heterocycles. The lowest BCUT2D eigenvalue weighted by atomic mass is 9.91. The van der Waals surface area contributed by atoms with Crippen molar-refractivity contribution in [2.45, 2.75) is 69.4 Å². The Hall–Kier alpha value is -0.940. The molecular weight excluding hydrogens is 242 g/mol. The Balaban J connectivity index is 1.68. The second-order valence-corrected chi connectivity index (χ2v) is 5.92. The van der Waals surface area contributed by atoms with Gasteiger partial charge in [-0.25, -0.2) is 0 Å². The van der Waals surface area contributed by atoms with Crippen LogP contribution in [-0.4, -0.2) is 22.9 Å². The Morgan fingerprint density at radius 1 is 1.16 bits per heavy atom. The first kappa shape index (κ1) is 13.1. The number of aromatic nitrogens is 2. The van der Waals surface area contributed by atoms with Crippen molar-refractivity contribution in [3.05, 3.63) is 11.7 Å². The summed E-state index contributed by atoms with van der Waals surface area (Å²) in [6, 6.07) is 0. The van der Waals surface area contributed by atoms with Crippen molar-refractivity contribution in [1.82, 2.24) is 10.1 Å². The van der Waals surface area contributed by atoms with Crippen molar-refractivity contribution in [2.24, 2.45) is 5.73 Å². The zero-order valence-electron chi connectivity index (χ0n) is 11.4. The number of ether oxygens (including phenoxy) is 1. The smallest absolute Gasteiger partial charge is 0.229 e. The molecule has 19 heavy (non-hydrogen) atoms. The summed E-state index contributed by atoms with van der Waals surface area (Å²) in [6.07, 6.45) is 9.96. The van der Waals surface area contributed by atoms with Crippen molar-refractivity contribution in [3.63, 3.8) is 0 Å². The molecule has 2 aliphatic rings. The van der Waals surface area contributed by atoms with Crippen molar-refractivity contribution in [1.29, 1.82) is 0 Å². The van der Waals surface area contributed by atoms with Crippen LogP contribution in [0.25, 0.3) is 0 Å². The first-order valence-electron chi connectivity index (χ1n) is 7.50. The second-order valence-electron chi connectivity index (χ2n) is 5.92. The maximum absolute atomic E-state index is 6.49. The molecule has 0 bridgehead atoms. The highest BCUT2D eigenvalue weighted by atomic mass is 16.5. The molecule has 1 aliphatic heterocycles. The Morgan fingerprint density at radius 3 is 2.63 bits per heavy atom. The molecule has 0 aromatic carbocycles. The minimum absolute atomic E-state index is 0.246. The van der Waals surface area contributed by atoms with Gasteiger partial charge >= 0.3 is 0 Å². The summed E-state index contributed by atoms with van der Waals surface area (Å²) >= 11 is 0. The normalized spacial score (nSPS) is 27.3. The van der Waals surface area contributed by atoms with Crippen molar-refractivity contribution in [3.8, 4) is 0 Å². The SMILES string of the molecule is NC1(c2noc(CC3CCCO3)n2)CCCCCC1. The number of nitrogens with two attached hydrogens (primary N) is 1. The molecule has 1 saturated carbocycles. The number of rotatable bonds is 3. The maximum Gasteiger partial charge on any atom is 0.229 e. The maximum atomic E-state index is 6.49. The molecule has 1 aliphatic carbocycles. The molecule has 5 heteroatoms. The largest absolute Gasteiger partial charge is 0.378 e. The van der Waals surface area contributed by atoms with E-state index in [0.717, 1.165) is 51.6 Å². The third-order valence-corrected chi connectivity index (χ3v) is 4.34. The highest BCUT2D eigenvalue weighted by Crippen LogP contribution is 2.32. The zero-order chi connectivity index (χ0) is 13.1. The third-order valence-electron chi connectivity index (χ3n) is 4.34. The molecule has 1 aromatic rings. The minimum atomic E-state index is -0.380. The first-order chi connectivity index (χ1) is 9.26. The van der Waals surface area contributed by atoms with Gasteiger partial charge in [-0.3, -0.25) is 0 Å². The van der Waals surface area contributed by atoms with E-state index in [2.05, 4.69) is 10.1 Å². The molecule has 1 saturated heterocycles. The minimum Gasteiger partial charge on any atom is -0.378 e. The van der Waals surface area contributed by atoms with Gasteiger partial charge in [0.1, 0.15) is 0 Å². The average Bonchev–Trinajstić information content (AvgIpc) is 3.02. The van der Waals surface area contributed by atoms with Crippen LogP contribution in [0.15, 0.2) is 4.52 Å². The summed E-state index contributed by atoms with van der Waals surface area (Å²) in [5.41, 5.74) is 6.11. The number of hydrogen-bond donors (Lipinski definition) is 1. The topological polar surface area (TPSA) is 74.2 Å². The van der Waals surface area contributed by atoms with Crippen LogP contribution >= 0.6 is 0 Å². The fraction of sp³-hybridized carbons (Fsp3) is 0.857. The predicted octanol–water partition coefficient (Wildman–Crippen LogP) is 2.30. The van der Waals surface area contributed by atoms with Gasteiger partial charge in [0, 0.05) is 6.61 Å². The van der Waals surface area contributed by atoms with Crippen molar-refractivity contribution < 1.29 is 9.26 Å². The van der Waals surface area contributed by atoms with Crippen LogP contribution in [0.2, 0.25) is 0 Å². The lowest BCUT2D eigenvalue weighted by Crippen LogP contribution is -2.37. The summed E-state index contributed by atoms with van der Waals surface area (Å²) in [6.45, 7) is 0.854. The second kappa shape index (κ2) is 5.59. The van der Waals surface area contributed by atoms with Gasteiger partial charge in [0.05, 0.1) is 18.1 Å². The van der Waals surface area contributed by atoms with Crippen LogP contribution < -0.4 is 5.73 Å². The van der Waals surface area contributed by atoms with Gasteiger partial charge < -0.3 is 15.0 Å². The zero-order valence-corrected chi connectivity index (χ0v) is 11.4. The van der Waals surface area contributed by atoms with Crippen LogP contribution in [0.1, 0.15) is 63.1 Å². The van der Waals surface area contributed by atoms with Gasteiger partial charge in [-0.1, -0.05) is 30.8 Å². The molecule has 2 N–H and O–H groups in total. The van der Waals surface area contributed by atoms with E-state index in [4.69, 9.17) is 15.0 Å². The summed E-state index contributed by atoms with van der Waals surface area (Å²) in [5, 5.41) is 4.13. The molecular formula is C14H23N3O2. The Morgan fingerprint density at radius 2 is 1.95 bits per heavy atom. The van der Waals surface area contributed by atoms with E-state index in [1.54, 1.807) is 0 Å². The van der Waals surface area contributed by atoms with E-state index < -0.39 is 0 Å². The van der Waals surface area contributed by atoms with E-state index in [1.165, 1.54) is 12.8 Å². The van der Waals surface area contributed by atoms with Gasteiger partial charge in [0.25, 0.3) is 0 Å². The van der Waals surface area contributed by atoms with Crippen LogP contribution in [-0.2, 0) is 16.7 Å². The van der Waals surface area contributed by atoms with E-state index in [-0.39, 0.29) is 11.6 Å². The van der Waals surface area contributed by atoms with Crippen molar-refractivity contribution in [2.75, 3.05) is 6.61 Å².